The molecule has 0 saturated heterocycles. The SMILES string of the molecule is CCCCCCNS(=O)(=O)c1cccc(C(=O)O)c1. The van der Waals surface area contributed by atoms with Crippen LogP contribution in [0.4, 0.5) is 0 Å². The van der Waals surface area contributed by atoms with Gasteiger partial charge in [-0.2, -0.15) is 0 Å². The highest BCUT2D eigenvalue weighted by Gasteiger charge is 2.15. The van der Waals surface area contributed by atoms with Gasteiger partial charge >= 0.3 is 5.97 Å². The number of benzene rings is 1. The van der Waals surface area contributed by atoms with Gasteiger partial charge in [0, 0.05) is 6.54 Å². The van der Waals surface area contributed by atoms with Crippen LogP contribution in [0.3, 0.4) is 0 Å². The lowest BCUT2D eigenvalue weighted by Gasteiger charge is -2.07. The summed E-state index contributed by atoms with van der Waals surface area (Å²) < 4.78 is 26.4. The van der Waals surface area contributed by atoms with E-state index in [0.29, 0.717) is 6.54 Å². The van der Waals surface area contributed by atoms with Crippen molar-refractivity contribution in [3.05, 3.63) is 29.8 Å². The number of carbonyl (C=O) groups is 1. The molecule has 19 heavy (non-hydrogen) atoms. The Balaban J connectivity index is 2.66. The fourth-order valence-corrected chi connectivity index (χ4v) is 2.76. The van der Waals surface area contributed by atoms with Crippen LogP contribution < -0.4 is 4.72 Å². The molecule has 0 saturated carbocycles. The second kappa shape index (κ2) is 7.25. The number of carboxylic acids is 1. The summed E-state index contributed by atoms with van der Waals surface area (Å²) in [5, 5.41) is 8.83. The predicted molar refractivity (Wildman–Crippen MR) is 72.7 cm³/mol. The Bertz CT molecular complexity index is 525. The maximum Gasteiger partial charge on any atom is 0.335 e. The molecular formula is C13H19NO4S. The Labute approximate surface area is 113 Å². The summed E-state index contributed by atoms with van der Waals surface area (Å²) in [6.45, 7) is 2.46. The molecule has 0 aliphatic rings. The zero-order chi connectivity index (χ0) is 14.3. The van der Waals surface area contributed by atoms with Crippen molar-refractivity contribution in [1.82, 2.24) is 4.72 Å². The Kier molecular flexibility index (Phi) is 5.98. The van der Waals surface area contributed by atoms with Gasteiger partial charge in [0.25, 0.3) is 0 Å². The smallest absolute Gasteiger partial charge is 0.335 e. The summed E-state index contributed by atoms with van der Waals surface area (Å²) in [5.74, 6) is -1.14. The molecule has 0 unspecified atom stereocenters. The van der Waals surface area contributed by atoms with Gasteiger partial charge in [0.2, 0.25) is 10.0 Å². The van der Waals surface area contributed by atoms with Crippen LogP contribution in [0.25, 0.3) is 0 Å². The van der Waals surface area contributed by atoms with Crippen LogP contribution in [-0.4, -0.2) is 26.0 Å². The van der Waals surface area contributed by atoms with Crippen molar-refractivity contribution in [2.45, 2.75) is 37.5 Å². The number of hydrogen-bond donors (Lipinski definition) is 2. The molecule has 106 valence electrons. The lowest BCUT2D eigenvalue weighted by atomic mass is 10.2. The molecule has 1 aromatic rings. The van der Waals surface area contributed by atoms with Crippen molar-refractivity contribution < 1.29 is 18.3 Å². The predicted octanol–water partition coefficient (Wildman–Crippen LogP) is 2.24. The highest BCUT2D eigenvalue weighted by atomic mass is 32.2. The van der Waals surface area contributed by atoms with E-state index in [4.69, 9.17) is 5.11 Å². The monoisotopic (exact) mass is 285 g/mol. The second-order valence-electron chi connectivity index (χ2n) is 4.29. The van der Waals surface area contributed by atoms with E-state index in [2.05, 4.69) is 11.6 Å². The van der Waals surface area contributed by atoms with Crippen LogP contribution in [0.2, 0.25) is 0 Å². The maximum atomic E-state index is 11.9. The zero-order valence-corrected chi connectivity index (χ0v) is 11.7. The van der Waals surface area contributed by atoms with E-state index >= 15 is 0 Å². The lowest BCUT2D eigenvalue weighted by Crippen LogP contribution is -2.25. The quantitative estimate of drug-likeness (QED) is 0.717. The third-order valence-electron chi connectivity index (χ3n) is 2.71. The minimum atomic E-state index is -3.62. The van der Waals surface area contributed by atoms with Gasteiger partial charge in [-0.3, -0.25) is 0 Å². The molecule has 0 atom stereocenters. The van der Waals surface area contributed by atoms with Gasteiger partial charge in [0.05, 0.1) is 10.5 Å². The number of carboxylic acid groups (broad SMARTS) is 1. The van der Waals surface area contributed by atoms with Gasteiger partial charge in [-0.15, -0.1) is 0 Å². The summed E-state index contributed by atoms with van der Waals surface area (Å²) >= 11 is 0. The number of nitrogens with one attached hydrogen (secondary N) is 1. The van der Waals surface area contributed by atoms with E-state index < -0.39 is 16.0 Å². The van der Waals surface area contributed by atoms with E-state index in [0.717, 1.165) is 31.7 Å². The molecule has 0 aliphatic heterocycles. The molecule has 0 spiro atoms. The fourth-order valence-electron chi connectivity index (χ4n) is 1.64. The van der Waals surface area contributed by atoms with Gasteiger partial charge in [-0.25, -0.2) is 17.9 Å². The Hall–Kier alpha value is -1.40. The molecule has 0 aliphatic carbocycles. The molecule has 0 amide bonds. The largest absolute Gasteiger partial charge is 0.478 e. The number of unbranched alkanes of at least 4 members (excludes halogenated alkanes) is 3. The molecular weight excluding hydrogens is 266 g/mol. The van der Waals surface area contributed by atoms with E-state index in [9.17, 15) is 13.2 Å². The van der Waals surface area contributed by atoms with E-state index in [1.54, 1.807) is 0 Å². The maximum absolute atomic E-state index is 11.9. The molecule has 1 rings (SSSR count). The van der Waals surface area contributed by atoms with Crippen molar-refractivity contribution in [3.8, 4) is 0 Å². The summed E-state index contributed by atoms with van der Waals surface area (Å²) in [6, 6.07) is 5.34. The highest BCUT2D eigenvalue weighted by molar-refractivity contribution is 7.89. The Morgan fingerprint density at radius 1 is 1.26 bits per heavy atom. The van der Waals surface area contributed by atoms with Crippen LogP contribution in [-0.2, 0) is 10.0 Å². The van der Waals surface area contributed by atoms with Crippen LogP contribution in [0.1, 0.15) is 43.0 Å². The van der Waals surface area contributed by atoms with Crippen molar-refractivity contribution in [3.63, 3.8) is 0 Å². The Morgan fingerprint density at radius 3 is 2.63 bits per heavy atom. The molecule has 0 heterocycles. The summed E-state index contributed by atoms with van der Waals surface area (Å²) in [7, 11) is -3.62. The third kappa shape index (κ3) is 5.00. The average Bonchev–Trinajstić information content (AvgIpc) is 2.38. The van der Waals surface area contributed by atoms with Gasteiger partial charge < -0.3 is 5.11 Å². The normalized spacial score (nSPS) is 11.4. The van der Waals surface area contributed by atoms with Gasteiger partial charge in [0.1, 0.15) is 0 Å². The molecule has 0 fully saturated rings. The third-order valence-corrected chi connectivity index (χ3v) is 4.17. The van der Waals surface area contributed by atoms with E-state index in [1.807, 2.05) is 0 Å². The molecule has 5 nitrogen and oxygen atoms in total. The van der Waals surface area contributed by atoms with Gasteiger partial charge in [-0.1, -0.05) is 32.3 Å². The van der Waals surface area contributed by atoms with Crippen LogP contribution in [0.5, 0.6) is 0 Å². The second-order valence-corrected chi connectivity index (χ2v) is 6.06. The number of aromatic carboxylic acids is 1. The highest BCUT2D eigenvalue weighted by Crippen LogP contribution is 2.11. The van der Waals surface area contributed by atoms with Crippen LogP contribution in [0, 0.1) is 0 Å². The summed E-state index contributed by atoms with van der Waals surface area (Å²) in [5.41, 5.74) is -0.0335. The minimum Gasteiger partial charge on any atom is -0.478 e. The minimum absolute atomic E-state index is 0.0112. The lowest BCUT2D eigenvalue weighted by molar-refractivity contribution is 0.0696. The van der Waals surface area contributed by atoms with Crippen molar-refractivity contribution in [2.75, 3.05) is 6.54 Å². The summed E-state index contributed by atoms with van der Waals surface area (Å²) in [4.78, 5) is 10.8. The van der Waals surface area contributed by atoms with Crippen LogP contribution >= 0.6 is 0 Å². The van der Waals surface area contributed by atoms with E-state index in [-0.39, 0.29) is 10.5 Å². The first-order valence-electron chi connectivity index (χ1n) is 6.30. The average molecular weight is 285 g/mol. The van der Waals surface area contributed by atoms with Crippen molar-refractivity contribution in [1.29, 1.82) is 0 Å². The van der Waals surface area contributed by atoms with E-state index in [1.165, 1.54) is 18.2 Å². The topological polar surface area (TPSA) is 83.5 Å². The first-order valence-corrected chi connectivity index (χ1v) is 7.78. The van der Waals surface area contributed by atoms with Crippen LogP contribution in [0.15, 0.2) is 29.2 Å². The molecule has 1 aromatic carbocycles. The fraction of sp³-hybridized carbons (Fsp3) is 0.462. The van der Waals surface area contributed by atoms with Gasteiger partial charge in [0.15, 0.2) is 0 Å². The standard InChI is InChI=1S/C13H19NO4S/c1-2-3-4-5-9-14-19(17,18)12-8-6-7-11(10-12)13(15)16/h6-8,10,14H,2-5,9H2,1H3,(H,15,16). The molecule has 0 radical (unpaired) electrons. The number of sulfonamides is 1. The number of rotatable bonds is 8. The zero-order valence-electron chi connectivity index (χ0n) is 10.9. The molecule has 6 heteroatoms. The van der Waals surface area contributed by atoms with Gasteiger partial charge in [-0.05, 0) is 24.6 Å². The Morgan fingerprint density at radius 2 is 2.00 bits per heavy atom. The van der Waals surface area contributed by atoms with Crippen molar-refractivity contribution in [2.24, 2.45) is 0 Å². The number of hydrogen-bond acceptors (Lipinski definition) is 3. The molecule has 0 aromatic heterocycles. The molecule has 2 N–H and O–H groups in total. The summed E-state index contributed by atoms with van der Waals surface area (Å²) in [6.07, 6.45) is 3.93. The first kappa shape index (κ1) is 15.7. The molecule has 0 bridgehead atoms. The van der Waals surface area contributed by atoms with Crippen molar-refractivity contribution >= 4 is 16.0 Å². The first-order chi connectivity index (χ1) is 8.97.